The molecule has 1 aliphatic rings. The van der Waals surface area contributed by atoms with E-state index < -0.39 is 7.26 Å². The Hall–Kier alpha value is -1.66. The Morgan fingerprint density at radius 1 is 0.962 bits per heavy atom. The minimum atomic E-state index is -1.64. The lowest BCUT2D eigenvalue weighted by atomic mass is 9.98. The van der Waals surface area contributed by atoms with Crippen molar-refractivity contribution < 1.29 is 9.53 Å². The third-order valence-electron chi connectivity index (χ3n) is 5.53. The monoisotopic (exact) mass is 369 g/mol. The Labute approximate surface area is 158 Å². The van der Waals surface area contributed by atoms with Crippen LogP contribution in [0.1, 0.15) is 39.0 Å². The van der Waals surface area contributed by atoms with Crippen LogP contribution in [0.5, 0.6) is 0 Å². The molecule has 0 N–H and O–H groups in total. The normalized spacial score (nSPS) is 16.8. The highest BCUT2D eigenvalue weighted by molar-refractivity contribution is 7.88. The van der Waals surface area contributed by atoms with Gasteiger partial charge in [-0.25, -0.2) is 0 Å². The summed E-state index contributed by atoms with van der Waals surface area (Å²) in [4.78, 5) is 12.7. The molecule has 0 amide bonds. The lowest BCUT2D eigenvalue weighted by Gasteiger charge is -2.27. The van der Waals surface area contributed by atoms with Gasteiger partial charge in [0.05, 0.1) is 36.6 Å². The Bertz CT molecular complexity index is 653. The molecule has 1 atom stereocenters. The minimum absolute atomic E-state index is 0.0185. The van der Waals surface area contributed by atoms with E-state index in [1.54, 1.807) is 0 Å². The fourth-order valence-electron chi connectivity index (χ4n) is 3.96. The molecule has 138 valence electrons. The molecule has 0 aliphatic heterocycles. The molecule has 2 aromatic rings. The molecular weight excluding hydrogens is 339 g/mol. The summed E-state index contributed by atoms with van der Waals surface area (Å²) in [6.45, 7) is 4.39. The summed E-state index contributed by atoms with van der Waals surface area (Å²) in [5.74, 6) is -0.106. The average Bonchev–Trinajstić information content (AvgIpc) is 2.70. The quantitative estimate of drug-likeness (QED) is 0.540. The number of carbonyl (C=O) groups is 1. The lowest BCUT2D eigenvalue weighted by Crippen LogP contribution is -2.31. The largest absolute Gasteiger partial charge is 0.462 e. The average molecular weight is 369 g/mol. The van der Waals surface area contributed by atoms with Crippen LogP contribution in [0.15, 0.2) is 60.7 Å². The third kappa shape index (κ3) is 4.54. The number of ether oxygens (including phenoxy) is 1. The van der Waals surface area contributed by atoms with Crippen molar-refractivity contribution in [2.24, 2.45) is 5.92 Å². The second-order valence-electron chi connectivity index (χ2n) is 7.64. The summed E-state index contributed by atoms with van der Waals surface area (Å²) in [5.41, 5.74) is 0. The Balaban J connectivity index is 1.78. The molecule has 0 saturated heterocycles. The van der Waals surface area contributed by atoms with Gasteiger partial charge in [0, 0.05) is 0 Å². The topological polar surface area (TPSA) is 26.3 Å². The Morgan fingerprint density at radius 2 is 1.46 bits per heavy atom. The van der Waals surface area contributed by atoms with E-state index in [0.29, 0.717) is 0 Å². The van der Waals surface area contributed by atoms with Crippen LogP contribution in [-0.4, -0.2) is 24.9 Å². The zero-order valence-electron chi connectivity index (χ0n) is 15.9. The zero-order chi connectivity index (χ0) is 18.4. The number of benzene rings is 2. The van der Waals surface area contributed by atoms with Gasteiger partial charge in [0.2, 0.25) is 0 Å². The minimum Gasteiger partial charge on any atom is -0.462 e. The van der Waals surface area contributed by atoms with Gasteiger partial charge in [0.25, 0.3) is 0 Å². The van der Waals surface area contributed by atoms with Crippen molar-refractivity contribution in [2.75, 3.05) is 12.8 Å². The second-order valence-corrected chi connectivity index (χ2v) is 11.4. The summed E-state index contributed by atoms with van der Waals surface area (Å²) < 4.78 is 5.85. The van der Waals surface area contributed by atoms with Crippen LogP contribution in [-0.2, 0) is 9.53 Å². The second kappa shape index (κ2) is 8.82. The maximum atomic E-state index is 12.7. The molecular formula is C23H30O2P+. The maximum Gasteiger partial charge on any atom is 0.312 e. The highest BCUT2D eigenvalue weighted by atomic mass is 31.2. The first-order valence-corrected chi connectivity index (χ1v) is 12.2. The van der Waals surface area contributed by atoms with Gasteiger partial charge in [-0.05, 0) is 56.9 Å². The van der Waals surface area contributed by atoms with Crippen molar-refractivity contribution in [1.29, 1.82) is 0 Å². The first kappa shape index (κ1) is 19.1. The Kier molecular flexibility index (Phi) is 6.48. The van der Waals surface area contributed by atoms with Crippen molar-refractivity contribution in [2.45, 2.75) is 45.1 Å². The maximum absolute atomic E-state index is 12.7. The van der Waals surface area contributed by atoms with Gasteiger partial charge in [0.15, 0.2) is 0 Å². The number of esters is 1. The van der Waals surface area contributed by atoms with E-state index in [1.165, 1.54) is 29.9 Å². The van der Waals surface area contributed by atoms with E-state index in [4.69, 9.17) is 4.74 Å². The van der Waals surface area contributed by atoms with Crippen LogP contribution >= 0.6 is 7.26 Å². The molecule has 0 heterocycles. The van der Waals surface area contributed by atoms with Crippen LogP contribution in [0.2, 0.25) is 0 Å². The van der Waals surface area contributed by atoms with Crippen LogP contribution in [0.3, 0.4) is 0 Å². The first-order valence-electron chi connectivity index (χ1n) is 9.77. The highest BCUT2D eigenvalue weighted by Gasteiger charge is 2.41. The summed E-state index contributed by atoms with van der Waals surface area (Å²) >= 11 is 0. The molecule has 1 saturated carbocycles. The molecule has 3 rings (SSSR count). The van der Waals surface area contributed by atoms with Gasteiger partial charge in [-0.15, -0.1) is 0 Å². The van der Waals surface area contributed by atoms with E-state index >= 15 is 0 Å². The molecule has 0 aromatic heterocycles. The molecule has 0 bridgehead atoms. The first-order chi connectivity index (χ1) is 12.6. The van der Waals surface area contributed by atoms with Crippen molar-refractivity contribution in [1.82, 2.24) is 0 Å². The van der Waals surface area contributed by atoms with Crippen LogP contribution in [0.25, 0.3) is 0 Å². The van der Waals surface area contributed by atoms with E-state index in [1.807, 2.05) is 6.92 Å². The van der Waals surface area contributed by atoms with E-state index in [9.17, 15) is 4.79 Å². The van der Waals surface area contributed by atoms with Crippen molar-refractivity contribution in [3.05, 3.63) is 60.7 Å². The van der Waals surface area contributed by atoms with Crippen LogP contribution in [0, 0.1) is 5.92 Å². The van der Waals surface area contributed by atoms with Gasteiger partial charge >= 0.3 is 5.97 Å². The van der Waals surface area contributed by atoms with Gasteiger partial charge < -0.3 is 4.74 Å². The Morgan fingerprint density at radius 3 is 1.96 bits per heavy atom. The van der Waals surface area contributed by atoms with Gasteiger partial charge in [-0.1, -0.05) is 42.8 Å². The zero-order valence-corrected chi connectivity index (χ0v) is 16.8. The van der Waals surface area contributed by atoms with E-state index in [0.717, 1.165) is 19.0 Å². The predicted octanol–water partition coefficient (Wildman–Crippen LogP) is 4.80. The number of carbonyl (C=O) groups excluding carboxylic acids is 1. The van der Waals surface area contributed by atoms with Crippen molar-refractivity contribution in [3.8, 4) is 0 Å². The van der Waals surface area contributed by atoms with Crippen molar-refractivity contribution >= 4 is 23.8 Å². The molecule has 1 aliphatic carbocycles. The van der Waals surface area contributed by atoms with Gasteiger partial charge in [0.1, 0.15) is 6.10 Å². The molecule has 0 radical (unpaired) electrons. The summed E-state index contributed by atoms with van der Waals surface area (Å²) in [5, 5.41) is 2.70. The SMILES string of the molecule is CC(C[P+](C)(c1ccccc1)c1ccccc1)C(=O)OC1CCCCC1. The number of hydrogen-bond acceptors (Lipinski definition) is 2. The summed E-state index contributed by atoms with van der Waals surface area (Å²) in [6.07, 6.45) is 6.69. The molecule has 3 heteroatoms. The molecule has 1 fully saturated rings. The smallest absolute Gasteiger partial charge is 0.312 e. The summed E-state index contributed by atoms with van der Waals surface area (Å²) in [6, 6.07) is 21.3. The lowest BCUT2D eigenvalue weighted by molar-refractivity contribution is -0.154. The van der Waals surface area contributed by atoms with Gasteiger partial charge in [-0.2, -0.15) is 0 Å². The summed E-state index contributed by atoms with van der Waals surface area (Å²) in [7, 11) is -1.64. The fourth-order valence-corrected chi connectivity index (χ4v) is 7.58. The standard InChI is InChI=1S/C23H30O2P/c1-19(23(24)25-20-12-6-3-7-13-20)18-26(2,21-14-8-4-9-15-21)22-16-10-5-11-17-22/h4-5,8-11,14-17,19-20H,3,6-7,12-13,18H2,1-2H3/q+1. The highest BCUT2D eigenvalue weighted by Crippen LogP contribution is 2.54. The van der Waals surface area contributed by atoms with Crippen molar-refractivity contribution in [3.63, 3.8) is 0 Å². The molecule has 2 nitrogen and oxygen atoms in total. The predicted molar refractivity (Wildman–Crippen MR) is 112 cm³/mol. The third-order valence-corrected chi connectivity index (χ3v) is 9.68. The van der Waals surface area contributed by atoms with E-state index in [2.05, 4.69) is 67.3 Å². The van der Waals surface area contributed by atoms with Gasteiger partial charge in [-0.3, -0.25) is 4.79 Å². The molecule has 2 aromatic carbocycles. The van der Waals surface area contributed by atoms with Crippen LogP contribution in [0.4, 0.5) is 0 Å². The molecule has 26 heavy (non-hydrogen) atoms. The number of hydrogen-bond donors (Lipinski definition) is 0. The number of rotatable bonds is 6. The van der Waals surface area contributed by atoms with E-state index in [-0.39, 0.29) is 18.0 Å². The van der Waals surface area contributed by atoms with Crippen LogP contribution < -0.4 is 10.6 Å². The molecule has 1 unspecified atom stereocenters. The molecule has 0 spiro atoms. The fraction of sp³-hybridized carbons (Fsp3) is 0.435.